The van der Waals surface area contributed by atoms with E-state index in [-0.39, 0.29) is 0 Å². The lowest BCUT2D eigenvalue weighted by atomic mass is 10.1. The van der Waals surface area contributed by atoms with Gasteiger partial charge in [0.1, 0.15) is 0 Å². The minimum atomic E-state index is 0.919. The Kier molecular flexibility index (Phi) is 3.61. The van der Waals surface area contributed by atoms with Crippen LogP contribution in [0.4, 0.5) is 5.69 Å². The molecule has 2 aromatic carbocycles. The fourth-order valence-corrected chi connectivity index (χ4v) is 1.75. The zero-order valence-corrected chi connectivity index (χ0v) is 10.1. The molecule has 0 bridgehead atoms. The van der Waals surface area contributed by atoms with Gasteiger partial charge in [0, 0.05) is 11.4 Å². The number of hydrogen-bond acceptors (Lipinski definition) is 1. The van der Waals surface area contributed by atoms with E-state index in [1.807, 2.05) is 6.08 Å². The van der Waals surface area contributed by atoms with Crippen LogP contribution in [0.15, 0.2) is 66.9 Å². The maximum absolute atomic E-state index is 3.97. The van der Waals surface area contributed by atoms with Crippen molar-refractivity contribution < 1.29 is 0 Å². The second-order valence-corrected chi connectivity index (χ2v) is 4.02. The molecule has 1 nitrogen and oxygen atoms in total. The number of benzene rings is 2. The van der Waals surface area contributed by atoms with E-state index in [4.69, 9.17) is 0 Å². The van der Waals surface area contributed by atoms with E-state index in [9.17, 15) is 0 Å². The summed E-state index contributed by atoms with van der Waals surface area (Å²) in [6.45, 7) is 6.08. The summed E-state index contributed by atoms with van der Waals surface area (Å²) in [6, 6.07) is 14.7. The third-order valence-corrected chi connectivity index (χ3v) is 2.61. The molecule has 0 spiro atoms. The molecule has 0 aliphatic heterocycles. The lowest BCUT2D eigenvalue weighted by Crippen LogP contribution is -1.94. The van der Waals surface area contributed by atoms with E-state index in [2.05, 4.69) is 67.4 Å². The minimum Gasteiger partial charge on any atom is -0.356 e. The molecule has 17 heavy (non-hydrogen) atoms. The van der Waals surface area contributed by atoms with Gasteiger partial charge in [0.15, 0.2) is 0 Å². The van der Waals surface area contributed by atoms with E-state index in [1.54, 1.807) is 0 Å². The van der Waals surface area contributed by atoms with Gasteiger partial charge >= 0.3 is 0 Å². The third-order valence-electron chi connectivity index (χ3n) is 2.61. The fraction of sp³-hybridized carbons (Fsp3) is 0.125. The molecule has 0 heterocycles. The molecule has 0 saturated heterocycles. The van der Waals surface area contributed by atoms with Crippen molar-refractivity contribution in [3.05, 3.63) is 66.9 Å². The highest BCUT2D eigenvalue weighted by Crippen LogP contribution is 2.19. The van der Waals surface area contributed by atoms with E-state index in [1.165, 1.54) is 10.8 Å². The largest absolute Gasteiger partial charge is 0.356 e. The summed E-state index contributed by atoms with van der Waals surface area (Å²) in [4.78, 5) is 0. The van der Waals surface area contributed by atoms with Gasteiger partial charge in [-0.1, -0.05) is 49.9 Å². The molecule has 1 N–H and O–H groups in total. The van der Waals surface area contributed by atoms with Gasteiger partial charge in [-0.2, -0.15) is 0 Å². The van der Waals surface area contributed by atoms with Gasteiger partial charge in [0.25, 0.3) is 0 Å². The molecular weight excluding hydrogens is 206 g/mol. The SMILES string of the molecule is C=C(/C=C\CC)Nc1ccc2ccccc2c1. The Morgan fingerprint density at radius 1 is 1.18 bits per heavy atom. The molecule has 2 rings (SSSR count). The molecule has 0 aromatic heterocycles. The van der Waals surface area contributed by atoms with Gasteiger partial charge in [-0.15, -0.1) is 0 Å². The first-order valence-corrected chi connectivity index (χ1v) is 5.91. The van der Waals surface area contributed by atoms with Gasteiger partial charge in [0.2, 0.25) is 0 Å². The van der Waals surface area contributed by atoms with Crippen LogP contribution in [0.2, 0.25) is 0 Å². The minimum absolute atomic E-state index is 0.919. The Morgan fingerprint density at radius 2 is 1.94 bits per heavy atom. The standard InChI is InChI=1S/C16H17N/c1-3-4-7-13(2)17-16-11-10-14-8-5-6-9-15(14)12-16/h4-12,17H,2-3H2,1H3/b7-4-. The summed E-state index contributed by atoms with van der Waals surface area (Å²) < 4.78 is 0. The lowest BCUT2D eigenvalue weighted by Gasteiger charge is -2.07. The van der Waals surface area contributed by atoms with Crippen LogP contribution in [0.3, 0.4) is 0 Å². The highest BCUT2D eigenvalue weighted by molar-refractivity contribution is 5.85. The van der Waals surface area contributed by atoms with Crippen LogP contribution in [0.25, 0.3) is 10.8 Å². The monoisotopic (exact) mass is 223 g/mol. The van der Waals surface area contributed by atoms with Crippen molar-refractivity contribution in [1.29, 1.82) is 0 Å². The van der Waals surface area contributed by atoms with Crippen molar-refractivity contribution in [1.82, 2.24) is 0 Å². The fourth-order valence-electron chi connectivity index (χ4n) is 1.75. The Bertz CT molecular complexity index is 552. The van der Waals surface area contributed by atoms with Crippen molar-refractivity contribution in [3.63, 3.8) is 0 Å². The van der Waals surface area contributed by atoms with E-state index in [0.29, 0.717) is 0 Å². The number of allylic oxidation sites excluding steroid dienone is 2. The second-order valence-electron chi connectivity index (χ2n) is 4.02. The molecule has 0 atom stereocenters. The number of rotatable bonds is 4. The normalized spacial score (nSPS) is 10.9. The molecular formula is C16H17N. The van der Waals surface area contributed by atoms with Crippen molar-refractivity contribution in [2.24, 2.45) is 0 Å². The van der Waals surface area contributed by atoms with Crippen LogP contribution < -0.4 is 5.32 Å². The Balaban J connectivity index is 2.19. The van der Waals surface area contributed by atoms with E-state index in [0.717, 1.165) is 17.8 Å². The quantitative estimate of drug-likeness (QED) is 0.739. The maximum Gasteiger partial charge on any atom is 0.0390 e. The van der Waals surface area contributed by atoms with Crippen molar-refractivity contribution >= 4 is 16.5 Å². The van der Waals surface area contributed by atoms with Gasteiger partial charge in [-0.05, 0) is 35.4 Å². The summed E-state index contributed by atoms with van der Waals surface area (Å²) in [6.07, 6.45) is 5.13. The molecule has 2 aromatic rings. The van der Waals surface area contributed by atoms with Crippen molar-refractivity contribution in [2.45, 2.75) is 13.3 Å². The van der Waals surface area contributed by atoms with E-state index < -0.39 is 0 Å². The summed E-state index contributed by atoms with van der Waals surface area (Å²) in [5.41, 5.74) is 2.00. The number of anilines is 1. The third kappa shape index (κ3) is 2.97. The molecule has 0 fully saturated rings. The van der Waals surface area contributed by atoms with Gasteiger partial charge in [-0.3, -0.25) is 0 Å². The zero-order valence-electron chi connectivity index (χ0n) is 10.1. The summed E-state index contributed by atoms with van der Waals surface area (Å²) in [5.74, 6) is 0. The van der Waals surface area contributed by atoms with Crippen molar-refractivity contribution in [2.75, 3.05) is 5.32 Å². The molecule has 0 unspecified atom stereocenters. The zero-order chi connectivity index (χ0) is 12.1. The summed E-state index contributed by atoms with van der Waals surface area (Å²) in [7, 11) is 0. The molecule has 0 aliphatic rings. The Hall–Kier alpha value is -2.02. The topological polar surface area (TPSA) is 12.0 Å². The predicted octanol–water partition coefficient (Wildman–Crippen LogP) is 4.73. The van der Waals surface area contributed by atoms with Crippen molar-refractivity contribution in [3.8, 4) is 0 Å². The Morgan fingerprint density at radius 3 is 2.71 bits per heavy atom. The van der Waals surface area contributed by atoms with Crippen LogP contribution in [-0.4, -0.2) is 0 Å². The van der Waals surface area contributed by atoms with Crippen LogP contribution >= 0.6 is 0 Å². The van der Waals surface area contributed by atoms with Gasteiger partial charge in [0.05, 0.1) is 0 Å². The van der Waals surface area contributed by atoms with Gasteiger partial charge in [-0.25, -0.2) is 0 Å². The maximum atomic E-state index is 3.97. The molecule has 0 radical (unpaired) electrons. The van der Waals surface area contributed by atoms with Crippen LogP contribution in [-0.2, 0) is 0 Å². The smallest absolute Gasteiger partial charge is 0.0390 e. The van der Waals surface area contributed by atoms with Crippen LogP contribution in [0.5, 0.6) is 0 Å². The average molecular weight is 223 g/mol. The predicted molar refractivity (Wildman–Crippen MR) is 76.1 cm³/mol. The lowest BCUT2D eigenvalue weighted by molar-refractivity contribution is 1.22. The van der Waals surface area contributed by atoms with Gasteiger partial charge < -0.3 is 5.32 Å². The Labute approximate surface area is 102 Å². The molecule has 0 saturated carbocycles. The highest BCUT2D eigenvalue weighted by Gasteiger charge is 1.95. The van der Waals surface area contributed by atoms with Crippen LogP contribution in [0, 0.1) is 0 Å². The summed E-state index contributed by atoms with van der Waals surface area (Å²) >= 11 is 0. The first kappa shape index (κ1) is 11.5. The first-order valence-electron chi connectivity index (χ1n) is 5.91. The number of hydrogen-bond donors (Lipinski definition) is 1. The first-order chi connectivity index (χ1) is 8.29. The second kappa shape index (κ2) is 5.35. The summed E-state index contributed by atoms with van der Waals surface area (Å²) in [5, 5.41) is 5.79. The molecule has 0 aliphatic carbocycles. The number of fused-ring (bicyclic) bond motifs is 1. The number of nitrogens with one attached hydrogen (secondary N) is 1. The van der Waals surface area contributed by atoms with E-state index >= 15 is 0 Å². The molecule has 86 valence electrons. The molecule has 1 heteroatoms. The average Bonchev–Trinajstić information content (AvgIpc) is 2.36. The molecule has 0 amide bonds. The highest BCUT2D eigenvalue weighted by atomic mass is 14.9. The van der Waals surface area contributed by atoms with Crippen LogP contribution in [0.1, 0.15) is 13.3 Å².